The number of carbonyl (C=O) groups is 2. The maximum Gasteiger partial charge on any atom is 0.315 e. The Kier molecular flexibility index (Phi) is 4.21. The highest BCUT2D eigenvalue weighted by atomic mass is 16.2. The fraction of sp³-hybridized carbons (Fsp3) is 0.500. The van der Waals surface area contributed by atoms with Gasteiger partial charge in [-0.25, -0.2) is 4.79 Å². The maximum atomic E-state index is 12.1. The molecule has 0 radical (unpaired) electrons. The molecule has 0 bridgehead atoms. The number of hydrogen-bond acceptors (Lipinski definition) is 2. The summed E-state index contributed by atoms with van der Waals surface area (Å²) in [5.41, 5.74) is 1.75. The summed E-state index contributed by atoms with van der Waals surface area (Å²) in [5.74, 6) is 0.0416. The Morgan fingerprint density at radius 1 is 1.24 bits per heavy atom. The van der Waals surface area contributed by atoms with Crippen LogP contribution in [0.3, 0.4) is 0 Å². The Labute approximate surface area is 125 Å². The Morgan fingerprint density at radius 3 is 2.43 bits per heavy atom. The first kappa shape index (κ1) is 15.4. The molecule has 114 valence electrons. The standard InChI is InChI=1S/C16H23N3O2/c1-11-5-7-13(8-6-11)19-10-12(9-14(19)20)17-15(21)18-16(2,3)4/h5-8,12H,9-10H2,1-4H3,(H2,17,18,21)/t12-/m1/s1. The highest BCUT2D eigenvalue weighted by Gasteiger charge is 2.31. The summed E-state index contributed by atoms with van der Waals surface area (Å²) in [6.07, 6.45) is 0.339. The van der Waals surface area contributed by atoms with Crippen molar-refractivity contribution in [3.05, 3.63) is 29.8 Å². The van der Waals surface area contributed by atoms with Crippen LogP contribution >= 0.6 is 0 Å². The van der Waals surface area contributed by atoms with Crippen molar-refractivity contribution in [1.82, 2.24) is 10.6 Å². The van der Waals surface area contributed by atoms with Gasteiger partial charge in [0.15, 0.2) is 0 Å². The van der Waals surface area contributed by atoms with Gasteiger partial charge in [0.1, 0.15) is 0 Å². The largest absolute Gasteiger partial charge is 0.334 e. The predicted octanol–water partition coefficient (Wildman–Crippen LogP) is 2.20. The number of aryl methyl sites for hydroxylation is 1. The number of urea groups is 1. The molecule has 1 atom stereocenters. The second-order valence-electron chi connectivity index (χ2n) is 6.59. The lowest BCUT2D eigenvalue weighted by molar-refractivity contribution is -0.117. The number of hydrogen-bond donors (Lipinski definition) is 2. The smallest absolute Gasteiger partial charge is 0.315 e. The zero-order valence-corrected chi connectivity index (χ0v) is 13.1. The number of nitrogens with zero attached hydrogens (tertiary/aromatic N) is 1. The lowest BCUT2D eigenvalue weighted by Gasteiger charge is -2.23. The van der Waals surface area contributed by atoms with Gasteiger partial charge in [-0.2, -0.15) is 0 Å². The molecule has 1 aliphatic rings. The van der Waals surface area contributed by atoms with Crippen LogP contribution in [0.15, 0.2) is 24.3 Å². The third-order valence-electron chi connectivity index (χ3n) is 3.29. The number of rotatable bonds is 2. The number of amides is 3. The van der Waals surface area contributed by atoms with Crippen LogP contribution in [0.25, 0.3) is 0 Å². The van der Waals surface area contributed by atoms with E-state index in [0.29, 0.717) is 13.0 Å². The second kappa shape index (κ2) is 5.76. The first-order valence-corrected chi connectivity index (χ1v) is 7.20. The molecule has 5 heteroatoms. The average molecular weight is 289 g/mol. The second-order valence-corrected chi connectivity index (χ2v) is 6.59. The first-order chi connectivity index (χ1) is 9.74. The first-order valence-electron chi connectivity index (χ1n) is 7.20. The summed E-state index contributed by atoms with van der Waals surface area (Å²) in [7, 11) is 0. The SMILES string of the molecule is Cc1ccc(N2C[C@H](NC(=O)NC(C)(C)C)CC2=O)cc1. The van der Waals surface area contributed by atoms with Crippen molar-refractivity contribution in [2.75, 3.05) is 11.4 Å². The Bertz CT molecular complexity index is 531. The molecule has 1 aliphatic heterocycles. The van der Waals surface area contributed by atoms with Crippen LogP contribution in [0.5, 0.6) is 0 Å². The Hall–Kier alpha value is -2.04. The third-order valence-corrected chi connectivity index (χ3v) is 3.29. The lowest BCUT2D eigenvalue weighted by atomic mass is 10.1. The quantitative estimate of drug-likeness (QED) is 0.876. The lowest BCUT2D eigenvalue weighted by Crippen LogP contribution is -2.50. The number of anilines is 1. The summed E-state index contributed by atoms with van der Waals surface area (Å²) >= 11 is 0. The molecule has 0 aliphatic carbocycles. The monoisotopic (exact) mass is 289 g/mol. The number of carbonyl (C=O) groups excluding carboxylic acids is 2. The Morgan fingerprint density at radius 2 is 1.86 bits per heavy atom. The van der Waals surface area contributed by atoms with E-state index in [1.54, 1.807) is 4.90 Å². The molecular formula is C16H23N3O2. The normalized spacial score (nSPS) is 18.8. The van der Waals surface area contributed by atoms with Crippen LogP contribution in [0.4, 0.5) is 10.5 Å². The molecule has 21 heavy (non-hydrogen) atoms. The Balaban J connectivity index is 1.96. The fourth-order valence-electron chi connectivity index (χ4n) is 2.34. The zero-order valence-electron chi connectivity index (χ0n) is 13.1. The summed E-state index contributed by atoms with van der Waals surface area (Å²) in [6.45, 7) is 8.29. The maximum absolute atomic E-state index is 12.1. The van der Waals surface area contributed by atoms with Crippen LogP contribution in [0, 0.1) is 6.92 Å². The molecule has 2 N–H and O–H groups in total. The van der Waals surface area contributed by atoms with Gasteiger partial charge < -0.3 is 15.5 Å². The van der Waals surface area contributed by atoms with Gasteiger partial charge in [0.25, 0.3) is 0 Å². The van der Waals surface area contributed by atoms with Crippen molar-refractivity contribution >= 4 is 17.6 Å². The van der Waals surface area contributed by atoms with E-state index in [1.165, 1.54) is 0 Å². The van der Waals surface area contributed by atoms with Crippen molar-refractivity contribution in [2.45, 2.75) is 45.7 Å². The summed E-state index contributed by atoms with van der Waals surface area (Å²) in [5, 5.41) is 5.71. The zero-order chi connectivity index (χ0) is 15.6. The third kappa shape index (κ3) is 4.21. The molecule has 1 saturated heterocycles. The summed E-state index contributed by atoms with van der Waals surface area (Å²) < 4.78 is 0. The number of nitrogens with one attached hydrogen (secondary N) is 2. The van der Waals surface area contributed by atoms with Crippen molar-refractivity contribution in [2.24, 2.45) is 0 Å². The van der Waals surface area contributed by atoms with E-state index in [-0.39, 0.29) is 23.5 Å². The van der Waals surface area contributed by atoms with Gasteiger partial charge in [-0.15, -0.1) is 0 Å². The van der Waals surface area contributed by atoms with Crippen LogP contribution in [0.2, 0.25) is 0 Å². The molecule has 0 unspecified atom stereocenters. The molecule has 1 aromatic rings. The van der Waals surface area contributed by atoms with E-state index >= 15 is 0 Å². The molecule has 0 aromatic heterocycles. The summed E-state index contributed by atoms with van der Waals surface area (Å²) in [4.78, 5) is 25.7. The molecule has 1 fully saturated rings. The minimum absolute atomic E-state index is 0.0416. The van der Waals surface area contributed by atoms with Crippen LogP contribution < -0.4 is 15.5 Å². The average Bonchev–Trinajstić information content (AvgIpc) is 2.68. The van der Waals surface area contributed by atoms with E-state index in [4.69, 9.17) is 0 Å². The van der Waals surface area contributed by atoms with E-state index in [9.17, 15) is 9.59 Å². The molecule has 2 rings (SSSR count). The van der Waals surface area contributed by atoms with Crippen molar-refractivity contribution in [3.8, 4) is 0 Å². The van der Waals surface area contributed by atoms with Gasteiger partial charge >= 0.3 is 6.03 Å². The molecule has 1 aromatic carbocycles. The molecule has 1 heterocycles. The van der Waals surface area contributed by atoms with Crippen molar-refractivity contribution < 1.29 is 9.59 Å². The van der Waals surface area contributed by atoms with Gasteiger partial charge in [0.2, 0.25) is 5.91 Å². The van der Waals surface area contributed by atoms with Crippen LogP contribution in [0.1, 0.15) is 32.8 Å². The molecule has 0 spiro atoms. The minimum Gasteiger partial charge on any atom is -0.334 e. The van der Waals surface area contributed by atoms with Gasteiger partial charge in [-0.1, -0.05) is 17.7 Å². The van der Waals surface area contributed by atoms with Crippen LogP contribution in [-0.4, -0.2) is 30.1 Å². The predicted molar refractivity (Wildman–Crippen MR) is 83.4 cm³/mol. The van der Waals surface area contributed by atoms with Gasteiger partial charge in [-0.3, -0.25) is 4.79 Å². The van der Waals surface area contributed by atoms with Gasteiger partial charge in [0.05, 0.1) is 6.04 Å². The van der Waals surface area contributed by atoms with Gasteiger partial charge in [-0.05, 0) is 39.8 Å². The highest BCUT2D eigenvalue weighted by Crippen LogP contribution is 2.21. The van der Waals surface area contributed by atoms with E-state index in [1.807, 2.05) is 52.0 Å². The molecular weight excluding hydrogens is 266 g/mol. The summed E-state index contributed by atoms with van der Waals surface area (Å²) in [6, 6.07) is 7.45. The van der Waals surface area contributed by atoms with E-state index in [0.717, 1.165) is 11.3 Å². The van der Waals surface area contributed by atoms with Gasteiger partial charge in [0, 0.05) is 24.2 Å². The van der Waals surface area contributed by atoms with E-state index < -0.39 is 0 Å². The van der Waals surface area contributed by atoms with Crippen molar-refractivity contribution in [3.63, 3.8) is 0 Å². The molecule has 0 saturated carbocycles. The number of benzene rings is 1. The minimum atomic E-state index is -0.288. The van der Waals surface area contributed by atoms with Crippen LogP contribution in [-0.2, 0) is 4.79 Å². The topological polar surface area (TPSA) is 61.4 Å². The molecule has 3 amide bonds. The molecule has 5 nitrogen and oxygen atoms in total. The van der Waals surface area contributed by atoms with Crippen molar-refractivity contribution in [1.29, 1.82) is 0 Å². The highest BCUT2D eigenvalue weighted by molar-refractivity contribution is 5.96. The fourth-order valence-corrected chi connectivity index (χ4v) is 2.34. The van der Waals surface area contributed by atoms with E-state index in [2.05, 4.69) is 10.6 Å².